The lowest BCUT2D eigenvalue weighted by molar-refractivity contribution is -0.384. The zero-order valence-electron chi connectivity index (χ0n) is 9.96. The molecule has 19 heavy (non-hydrogen) atoms. The largest absolute Gasteiger partial charge is 0.437 e. The van der Waals surface area contributed by atoms with Crippen LogP contribution < -0.4 is 10.5 Å². The van der Waals surface area contributed by atoms with Crippen LogP contribution in [0, 0.1) is 17.0 Å². The topological polar surface area (TPSA) is 91.3 Å². The maximum Gasteiger partial charge on any atom is 0.273 e. The summed E-state index contributed by atoms with van der Waals surface area (Å²) in [6.45, 7) is 1.80. The number of aryl methyl sites for hydroxylation is 1. The summed E-state index contributed by atoms with van der Waals surface area (Å²) in [6.07, 6.45) is 1.47. The third-order valence-corrected chi connectivity index (χ3v) is 3.04. The summed E-state index contributed by atoms with van der Waals surface area (Å²) >= 11 is 3.28. The molecule has 0 saturated carbocycles. The normalized spacial score (nSPS) is 10.2. The minimum atomic E-state index is -0.484. The Morgan fingerprint density at radius 2 is 2.16 bits per heavy atom. The van der Waals surface area contributed by atoms with Gasteiger partial charge in [-0.25, -0.2) is 4.98 Å². The van der Waals surface area contributed by atoms with Crippen molar-refractivity contribution in [1.29, 1.82) is 0 Å². The summed E-state index contributed by atoms with van der Waals surface area (Å²) in [5.74, 6) is 0.685. The SMILES string of the molecule is Cc1cc(N)cnc1Oc1cc([N+](=O)[O-])ccc1Br. The molecule has 0 aliphatic carbocycles. The van der Waals surface area contributed by atoms with Gasteiger partial charge < -0.3 is 10.5 Å². The fraction of sp³-hybridized carbons (Fsp3) is 0.0833. The first-order valence-corrected chi connectivity index (χ1v) is 6.10. The maximum absolute atomic E-state index is 10.7. The van der Waals surface area contributed by atoms with E-state index in [0.717, 1.165) is 5.56 Å². The van der Waals surface area contributed by atoms with Gasteiger partial charge in [0.05, 0.1) is 27.3 Å². The van der Waals surface area contributed by atoms with Crippen LogP contribution in [0.25, 0.3) is 0 Å². The number of nitro groups is 1. The number of aromatic nitrogens is 1. The lowest BCUT2D eigenvalue weighted by atomic mass is 10.3. The summed E-state index contributed by atoms with van der Waals surface area (Å²) < 4.78 is 6.18. The predicted molar refractivity (Wildman–Crippen MR) is 74.3 cm³/mol. The second kappa shape index (κ2) is 5.23. The van der Waals surface area contributed by atoms with E-state index in [2.05, 4.69) is 20.9 Å². The number of non-ortho nitro benzene ring substituents is 1. The van der Waals surface area contributed by atoms with Crippen molar-refractivity contribution < 1.29 is 9.66 Å². The highest BCUT2D eigenvalue weighted by Gasteiger charge is 2.12. The number of nitrogens with zero attached hydrogens (tertiary/aromatic N) is 2. The van der Waals surface area contributed by atoms with Crippen molar-refractivity contribution in [3.63, 3.8) is 0 Å². The zero-order valence-corrected chi connectivity index (χ0v) is 11.5. The van der Waals surface area contributed by atoms with Crippen LogP contribution in [0.15, 0.2) is 34.9 Å². The van der Waals surface area contributed by atoms with Crippen LogP contribution in [0.2, 0.25) is 0 Å². The van der Waals surface area contributed by atoms with E-state index in [1.54, 1.807) is 19.1 Å². The van der Waals surface area contributed by atoms with Crippen LogP contribution in [-0.2, 0) is 0 Å². The molecular formula is C12H10BrN3O3. The Morgan fingerprint density at radius 3 is 2.79 bits per heavy atom. The van der Waals surface area contributed by atoms with E-state index in [4.69, 9.17) is 10.5 Å². The quantitative estimate of drug-likeness (QED) is 0.690. The van der Waals surface area contributed by atoms with Gasteiger partial charge in [0.15, 0.2) is 5.75 Å². The Kier molecular flexibility index (Phi) is 3.66. The number of rotatable bonds is 3. The molecule has 6 nitrogen and oxygen atoms in total. The molecule has 1 heterocycles. The van der Waals surface area contributed by atoms with E-state index in [-0.39, 0.29) is 5.69 Å². The number of nitrogens with two attached hydrogens (primary N) is 1. The zero-order chi connectivity index (χ0) is 14.0. The number of nitro benzene ring substituents is 1. The molecule has 0 spiro atoms. The van der Waals surface area contributed by atoms with Gasteiger partial charge in [-0.3, -0.25) is 10.1 Å². The third-order valence-electron chi connectivity index (χ3n) is 2.38. The molecule has 2 N–H and O–H groups in total. The summed E-state index contributed by atoms with van der Waals surface area (Å²) in [5.41, 5.74) is 6.83. The van der Waals surface area contributed by atoms with Gasteiger partial charge in [-0.2, -0.15) is 0 Å². The third kappa shape index (κ3) is 3.00. The van der Waals surface area contributed by atoms with Crippen molar-refractivity contribution in [2.24, 2.45) is 0 Å². The average molecular weight is 324 g/mol. The van der Waals surface area contributed by atoms with E-state index < -0.39 is 4.92 Å². The average Bonchev–Trinajstić information content (AvgIpc) is 2.34. The van der Waals surface area contributed by atoms with Crippen LogP contribution in [0.4, 0.5) is 11.4 Å². The number of hydrogen-bond acceptors (Lipinski definition) is 5. The molecule has 1 aromatic heterocycles. The minimum absolute atomic E-state index is 0.0497. The molecular weight excluding hydrogens is 314 g/mol. The molecule has 0 aliphatic heterocycles. The number of nitrogen functional groups attached to an aromatic ring is 1. The van der Waals surface area contributed by atoms with Crippen LogP contribution in [0.3, 0.4) is 0 Å². The highest BCUT2D eigenvalue weighted by atomic mass is 79.9. The Labute approximate surface area is 117 Å². The molecule has 0 bridgehead atoms. The molecule has 2 rings (SSSR count). The van der Waals surface area contributed by atoms with Crippen LogP contribution in [0.1, 0.15) is 5.56 Å². The molecule has 0 atom stereocenters. The predicted octanol–water partition coefficient (Wildman–Crippen LogP) is 3.44. The number of ether oxygens (including phenoxy) is 1. The Balaban J connectivity index is 2.37. The monoisotopic (exact) mass is 323 g/mol. The van der Waals surface area contributed by atoms with Crippen molar-refractivity contribution in [1.82, 2.24) is 4.98 Å². The molecule has 1 aromatic carbocycles. The highest BCUT2D eigenvalue weighted by Crippen LogP contribution is 2.33. The van der Waals surface area contributed by atoms with Crippen molar-refractivity contribution in [2.75, 3.05) is 5.73 Å². The molecule has 98 valence electrons. The van der Waals surface area contributed by atoms with Gasteiger partial charge >= 0.3 is 0 Å². The minimum Gasteiger partial charge on any atom is -0.437 e. The van der Waals surface area contributed by atoms with Gasteiger partial charge in [0.2, 0.25) is 5.88 Å². The Bertz CT molecular complexity index is 646. The molecule has 0 radical (unpaired) electrons. The lowest BCUT2D eigenvalue weighted by Crippen LogP contribution is -1.95. The standard InChI is InChI=1S/C12H10BrN3O3/c1-7-4-8(14)6-15-12(7)19-11-5-9(16(17)18)2-3-10(11)13/h2-6H,14H2,1H3. The molecule has 0 fully saturated rings. The molecule has 7 heteroatoms. The second-order valence-electron chi connectivity index (χ2n) is 3.86. The van der Waals surface area contributed by atoms with Gasteiger partial charge in [0.1, 0.15) is 0 Å². The fourth-order valence-corrected chi connectivity index (χ4v) is 1.81. The molecule has 0 aliphatic rings. The van der Waals surface area contributed by atoms with E-state index in [0.29, 0.717) is 21.8 Å². The van der Waals surface area contributed by atoms with E-state index >= 15 is 0 Å². The van der Waals surface area contributed by atoms with Crippen LogP contribution >= 0.6 is 15.9 Å². The summed E-state index contributed by atoms with van der Waals surface area (Å²) in [4.78, 5) is 14.3. The Morgan fingerprint density at radius 1 is 1.42 bits per heavy atom. The van der Waals surface area contributed by atoms with Crippen molar-refractivity contribution in [2.45, 2.75) is 6.92 Å². The number of halogens is 1. The first-order chi connectivity index (χ1) is 8.97. The van der Waals surface area contributed by atoms with E-state index in [1.165, 1.54) is 18.3 Å². The van der Waals surface area contributed by atoms with Crippen molar-refractivity contribution in [3.05, 3.63) is 50.6 Å². The van der Waals surface area contributed by atoms with Crippen LogP contribution in [-0.4, -0.2) is 9.91 Å². The highest BCUT2D eigenvalue weighted by molar-refractivity contribution is 9.10. The number of benzene rings is 1. The fourth-order valence-electron chi connectivity index (χ4n) is 1.48. The van der Waals surface area contributed by atoms with Crippen molar-refractivity contribution >= 4 is 27.3 Å². The summed E-state index contributed by atoms with van der Waals surface area (Å²) in [5, 5.41) is 10.7. The molecule has 2 aromatic rings. The van der Waals surface area contributed by atoms with Gasteiger partial charge in [-0.1, -0.05) is 0 Å². The molecule has 0 amide bonds. The van der Waals surface area contributed by atoms with Crippen LogP contribution in [0.5, 0.6) is 11.6 Å². The second-order valence-corrected chi connectivity index (χ2v) is 4.72. The van der Waals surface area contributed by atoms with Gasteiger partial charge in [-0.05, 0) is 35.0 Å². The van der Waals surface area contributed by atoms with E-state index in [9.17, 15) is 10.1 Å². The summed E-state index contributed by atoms with van der Waals surface area (Å²) in [7, 11) is 0. The smallest absolute Gasteiger partial charge is 0.273 e. The number of anilines is 1. The summed E-state index contributed by atoms with van der Waals surface area (Å²) in [6, 6.07) is 6.00. The maximum atomic E-state index is 10.7. The van der Waals surface area contributed by atoms with E-state index in [1.807, 2.05) is 0 Å². The van der Waals surface area contributed by atoms with Gasteiger partial charge in [0, 0.05) is 11.6 Å². The number of pyridine rings is 1. The van der Waals surface area contributed by atoms with Gasteiger partial charge in [-0.15, -0.1) is 0 Å². The first-order valence-electron chi connectivity index (χ1n) is 5.31. The van der Waals surface area contributed by atoms with Gasteiger partial charge in [0.25, 0.3) is 5.69 Å². The number of hydrogen-bond donors (Lipinski definition) is 1. The molecule has 0 saturated heterocycles. The van der Waals surface area contributed by atoms with Crippen molar-refractivity contribution in [3.8, 4) is 11.6 Å². The Hall–Kier alpha value is -2.15. The molecule has 0 unspecified atom stereocenters. The lowest BCUT2D eigenvalue weighted by Gasteiger charge is -2.09. The first kappa shape index (κ1) is 13.3.